The Labute approximate surface area is 206 Å². The number of hydrogen-bond acceptors (Lipinski definition) is 4. The largest absolute Gasteiger partial charge is 0.469 e. The molecule has 0 radical (unpaired) electrons. The second kappa shape index (κ2) is 7.92. The van der Waals surface area contributed by atoms with Gasteiger partial charge in [0.05, 0.1) is 13.0 Å². The first-order chi connectivity index (χ1) is 15.9. The Morgan fingerprint density at radius 3 is 2.47 bits per heavy atom. The number of ether oxygens (including phenoxy) is 1. The lowest BCUT2D eigenvalue weighted by atomic mass is 9.37. The zero-order valence-electron chi connectivity index (χ0n) is 22.3. The Morgan fingerprint density at radius 1 is 1.06 bits per heavy atom. The van der Waals surface area contributed by atoms with Gasteiger partial charge < -0.3 is 9.84 Å². The molecule has 0 aromatic carbocycles. The molecule has 34 heavy (non-hydrogen) atoms. The van der Waals surface area contributed by atoms with Crippen molar-refractivity contribution in [1.82, 2.24) is 0 Å². The van der Waals surface area contributed by atoms with Crippen molar-refractivity contribution >= 4 is 11.8 Å². The highest BCUT2D eigenvalue weighted by molar-refractivity contribution is 5.85. The van der Waals surface area contributed by atoms with Crippen LogP contribution in [0.5, 0.6) is 0 Å². The fourth-order valence-electron chi connectivity index (χ4n) is 10.4. The van der Waals surface area contributed by atoms with E-state index in [0.717, 1.165) is 51.4 Å². The van der Waals surface area contributed by atoms with E-state index in [2.05, 4.69) is 40.7 Å². The molecule has 5 unspecified atom stereocenters. The lowest BCUT2D eigenvalue weighted by Gasteiger charge is -2.67. The number of Topliss-reactive ketones (excluding diaryl/α,β-unsaturated/α-hetero) is 1. The molecule has 0 heterocycles. The summed E-state index contributed by atoms with van der Waals surface area (Å²) in [4.78, 5) is 25.7. The third-order valence-corrected chi connectivity index (χ3v) is 11.9. The fraction of sp³-hybridized carbons (Fsp3) is 0.867. The highest BCUT2D eigenvalue weighted by Gasteiger charge is 2.65. The van der Waals surface area contributed by atoms with Gasteiger partial charge in [-0.05, 0) is 91.8 Å². The third kappa shape index (κ3) is 3.26. The van der Waals surface area contributed by atoms with Crippen LogP contribution >= 0.6 is 0 Å². The number of carbonyl (C=O) groups excluding carboxylic acids is 2. The molecule has 5 aliphatic carbocycles. The summed E-state index contributed by atoms with van der Waals surface area (Å²) in [6, 6.07) is 0. The number of esters is 1. The van der Waals surface area contributed by atoms with Gasteiger partial charge in [-0.3, -0.25) is 9.59 Å². The highest BCUT2D eigenvalue weighted by Crippen LogP contribution is 2.70. The SMILES string of the molecule is COC(=O)[C@@H]1CC(C)(C)CC2C3=CCC4[C@@](C)(CCC5C(C)(C)C(=O)CC[C@@]54CO)C3CCC21. The number of hydrogen-bond donors (Lipinski definition) is 1. The Kier molecular flexibility index (Phi) is 5.71. The number of rotatable bonds is 2. The molecule has 8 atom stereocenters. The highest BCUT2D eigenvalue weighted by atomic mass is 16.5. The van der Waals surface area contributed by atoms with Crippen molar-refractivity contribution in [2.75, 3.05) is 13.7 Å². The number of allylic oxidation sites excluding steroid dienone is 2. The van der Waals surface area contributed by atoms with Crippen molar-refractivity contribution in [3.63, 3.8) is 0 Å². The first kappa shape index (κ1) is 24.5. The molecule has 4 fully saturated rings. The smallest absolute Gasteiger partial charge is 0.308 e. The van der Waals surface area contributed by atoms with Crippen LogP contribution in [0.15, 0.2) is 11.6 Å². The normalized spacial score (nSPS) is 46.8. The van der Waals surface area contributed by atoms with Gasteiger partial charge in [0.25, 0.3) is 0 Å². The summed E-state index contributed by atoms with van der Waals surface area (Å²) in [5.41, 5.74) is 1.43. The standard InChI is InChI=1S/C30H46O4/c1-27(2)15-20-18(21(16-27)26(33)34-6)7-9-22-19(20)8-10-24-29(22,5)13-11-23-28(3,4)25(32)12-14-30(23,24)17-31/h8,18,20-24,31H,7,9-17H2,1-6H3/t18?,20?,21-,22?,23?,24?,29+,30-/m1/s1. The topological polar surface area (TPSA) is 63.6 Å². The molecular formula is C30H46O4. The first-order valence-electron chi connectivity index (χ1n) is 13.8. The molecule has 0 saturated heterocycles. The van der Waals surface area contributed by atoms with Gasteiger partial charge >= 0.3 is 5.97 Å². The van der Waals surface area contributed by atoms with Gasteiger partial charge in [0.2, 0.25) is 0 Å². The predicted molar refractivity (Wildman–Crippen MR) is 133 cm³/mol. The van der Waals surface area contributed by atoms with Gasteiger partial charge in [0.15, 0.2) is 0 Å². The lowest BCUT2D eigenvalue weighted by molar-refractivity contribution is -0.185. The summed E-state index contributed by atoms with van der Waals surface area (Å²) >= 11 is 0. The van der Waals surface area contributed by atoms with Crippen molar-refractivity contribution in [3.05, 3.63) is 11.6 Å². The molecule has 5 rings (SSSR count). The lowest BCUT2D eigenvalue weighted by Crippen LogP contribution is -2.63. The molecule has 0 bridgehead atoms. The van der Waals surface area contributed by atoms with Gasteiger partial charge in [0.1, 0.15) is 5.78 Å². The molecule has 5 aliphatic rings. The molecule has 4 heteroatoms. The maximum Gasteiger partial charge on any atom is 0.308 e. The Balaban J connectivity index is 1.53. The van der Waals surface area contributed by atoms with Crippen LogP contribution < -0.4 is 0 Å². The number of carbonyl (C=O) groups is 2. The second-order valence-corrected chi connectivity index (χ2v) is 14.2. The van der Waals surface area contributed by atoms with Crippen LogP contribution in [-0.2, 0) is 14.3 Å². The van der Waals surface area contributed by atoms with Crippen LogP contribution in [0.1, 0.15) is 92.4 Å². The maximum absolute atomic E-state index is 12.9. The minimum Gasteiger partial charge on any atom is -0.469 e. The van der Waals surface area contributed by atoms with Crippen LogP contribution in [0.4, 0.5) is 0 Å². The third-order valence-electron chi connectivity index (χ3n) is 11.9. The Morgan fingerprint density at radius 2 is 1.79 bits per heavy atom. The van der Waals surface area contributed by atoms with Gasteiger partial charge in [-0.15, -0.1) is 0 Å². The monoisotopic (exact) mass is 470 g/mol. The van der Waals surface area contributed by atoms with Gasteiger partial charge in [-0.1, -0.05) is 46.3 Å². The molecule has 4 nitrogen and oxygen atoms in total. The summed E-state index contributed by atoms with van der Waals surface area (Å²) in [7, 11) is 1.54. The van der Waals surface area contributed by atoms with Crippen molar-refractivity contribution < 1.29 is 19.4 Å². The van der Waals surface area contributed by atoms with Crippen molar-refractivity contribution in [1.29, 1.82) is 0 Å². The molecule has 0 aliphatic heterocycles. The van der Waals surface area contributed by atoms with Crippen molar-refractivity contribution in [3.8, 4) is 0 Å². The van der Waals surface area contributed by atoms with Crippen LogP contribution in [0.25, 0.3) is 0 Å². The molecule has 4 saturated carbocycles. The number of methoxy groups -OCH3 is 1. The van der Waals surface area contributed by atoms with E-state index in [9.17, 15) is 14.7 Å². The molecule has 0 aromatic heterocycles. The van der Waals surface area contributed by atoms with Gasteiger partial charge in [-0.25, -0.2) is 0 Å². The van der Waals surface area contributed by atoms with Crippen molar-refractivity contribution in [2.45, 2.75) is 92.4 Å². The van der Waals surface area contributed by atoms with E-state index in [0.29, 0.717) is 35.9 Å². The van der Waals surface area contributed by atoms with E-state index in [1.54, 1.807) is 12.7 Å². The van der Waals surface area contributed by atoms with Gasteiger partial charge in [-0.2, -0.15) is 0 Å². The summed E-state index contributed by atoms with van der Waals surface area (Å²) < 4.78 is 5.28. The van der Waals surface area contributed by atoms with Crippen LogP contribution in [0.2, 0.25) is 0 Å². The van der Waals surface area contributed by atoms with Crippen LogP contribution in [0.3, 0.4) is 0 Å². The first-order valence-corrected chi connectivity index (χ1v) is 13.8. The summed E-state index contributed by atoms with van der Waals surface area (Å²) in [5.74, 6) is 2.48. The zero-order valence-corrected chi connectivity index (χ0v) is 22.3. The number of ketones is 1. The molecule has 0 aromatic rings. The molecule has 0 spiro atoms. The van der Waals surface area contributed by atoms with E-state index < -0.39 is 0 Å². The quantitative estimate of drug-likeness (QED) is 0.399. The summed E-state index contributed by atoms with van der Waals surface area (Å²) in [5, 5.41) is 10.9. The van der Waals surface area contributed by atoms with Crippen LogP contribution in [0, 0.1) is 57.2 Å². The summed E-state index contributed by atoms with van der Waals surface area (Å²) in [6.07, 6.45) is 11.5. The Hall–Kier alpha value is -1.16. The molecule has 190 valence electrons. The molecule has 1 N–H and O–H groups in total. The van der Waals surface area contributed by atoms with E-state index in [1.165, 1.54) is 0 Å². The minimum absolute atomic E-state index is 0.0100. The maximum atomic E-state index is 12.9. The van der Waals surface area contributed by atoms with E-state index in [1.807, 2.05) is 0 Å². The predicted octanol–water partition coefficient (Wildman–Crippen LogP) is 5.97. The average molecular weight is 471 g/mol. The Bertz CT molecular complexity index is 899. The van der Waals surface area contributed by atoms with Gasteiger partial charge in [0, 0.05) is 23.9 Å². The van der Waals surface area contributed by atoms with Crippen molar-refractivity contribution in [2.24, 2.45) is 57.2 Å². The molecule has 0 amide bonds. The van der Waals surface area contributed by atoms with Crippen LogP contribution in [-0.4, -0.2) is 30.6 Å². The minimum atomic E-state index is -0.342. The van der Waals surface area contributed by atoms with E-state index in [-0.39, 0.29) is 46.1 Å². The number of fused-ring (bicyclic) bond motifs is 7. The molecular weight excluding hydrogens is 424 g/mol. The second-order valence-electron chi connectivity index (χ2n) is 14.2. The zero-order chi connectivity index (χ0) is 24.7. The van der Waals surface area contributed by atoms with E-state index >= 15 is 0 Å². The number of aliphatic hydroxyl groups excluding tert-OH is 1. The fourth-order valence-corrected chi connectivity index (χ4v) is 10.4. The number of aliphatic hydroxyl groups is 1. The average Bonchev–Trinajstić information content (AvgIpc) is 2.79. The van der Waals surface area contributed by atoms with E-state index in [4.69, 9.17) is 4.74 Å². The summed E-state index contributed by atoms with van der Waals surface area (Å²) in [6.45, 7) is 11.6.